The number of hydrogen-bond acceptors (Lipinski definition) is 3. The normalized spacial score (nSPS) is 11.5. The standard InChI is InChI=1S/C12H11FINO2S2/c1-2-9-4-6-12(18-9)19(16,17)15-11-5-3-8(13)7-10(11)14/h3-7,15H,2H2,1H3. The van der Waals surface area contributed by atoms with E-state index in [9.17, 15) is 12.8 Å². The molecule has 0 aliphatic heterocycles. The molecule has 0 spiro atoms. The van der Waals surface area contributed by atoms with E-state index in [-0.39, 0.29) is 4.21 Å². The molecule has 102 valence electrons. The highest BCUT2D eigenvalue weighted by atomic mass is 127. The maximum absolute atomic E-state index is 13.0. The predicted octanol–water partition coefficient (Wildman–Crippen LogP) is 3.86. The molecule has 0 saturated carbocycles. The molecule has 0 aliphatic rings. The second kappa shape index (κ2) is 5.76. The molecule has 19 heavy (non-hydrogen) atoms. The molecule has 0 radical (unpaired) electrons. The number of aryl methyl sites for hydroxylation is 1. The van der Waals surface area contributed by atoms with E-state index in [1.54, 1.807) is 12.1 Å². The fourth-order valence-corrected chi connectivity index (χ4v) is 4.63. The molecule has 0 fully saturated rings. The number of sulfonamides is 1. The van der Waals surface area contributed by atoms with Crippen molar-refractivity contribution in [3.8, 4) is 0 Å². The van der Waals surface area contributed by atoms with Gasteiger partial charge in [-0.25, -0.2) is 12.8 Å². The van der Waals surface area contributed by atoms with Crippen molar-refractivity contribution < 1.29 is 12.8 Å². The zero-order valence-electron chi connectivity index (χ0n) is 9.98. The lowest BCUT2D eigenvalue weighted by molar-refractivity contribution is 0.603. The van der Waals surface area contributed by atoms with Crippen molar-refractivity contribution in [2.24, 2.45) is 0 Å². The molecule has 7 heteroatoms. The molecule has 1 aromatic heterocycles. The first-order valence-electron chi connectivity index (χ1n) is 5.49. The Kier molecular flexibility index (Phi) is 4.46. The van der Waals surface area contributed by atoms with E-state index in [4.69, 9.17) is 0 Å². The fourth-order valence-electron chi connectivity index (χ4n) is 1.46. The molecule has 0 atom stereocenters. The quantitative estimate of drug-likeness (QED) is 0.777. The Balaban J connectivity index is 2.30. The van der Waals surface area contributed by atoms with Crippen molar-refractivity contribution in [1.82, 2.24) is 0 Å². The third kappa shape index (κ3) is 3.46. The lowest BCUT2D eigenvalue weighted by Crippen LogP contribution is -2.12. The monoisotopic (exact) mass is 411 g/mol. The third-order valence-electron chi connectivity index (χ3n) is 2.43. The molecule has 1 heterocycles. The third-order valence-corrected chi connectivity index (χ3v) is 6.41. The number of anilines is 1. The largest absolute Gasteiger partial charge is 0.278 e. The van der Waals surface area contributed by atoms with Gasteiger partial charge in [0.15, 0.2) is 0 Å². The Morgan fingerprint density at radius 2 is 2.05 bits per heavy atom. The zero-order valence-corrected chi connectivity index (χ0v) is 13.8. The number of benzene rings is 1. The van der Waals surface area contributed by atoms with Gasteiger partial charge in [-0.05, 0) is 59.3 Å². The molecule has 2 aromatic rings. The van der Waals surface area contributed by atoms with Crippen LogP contribution in [0.15, 0.2) is 34.5 Å². The minimum Gasteiger partial charge on any atom is -0.278 e. The van der Waals surface area contributed by atoms with Crippen LogP contribution in [0.4, 0.5) is 10.1 Å². The molecule has 1 N–H and O–H groups in total. The van der Waals surface area contributed by atoms with E-state index in [2.05, 4.69) is 4.72 Å². The van der Waals surface area contributed by atoms with Gasteiger partial charge in [0, 0.05) is 8.45 Å². The smallest absolute Gasteiger partial charge is 0.271 e. The molecular formula is C12H11FINO2S2. The molecule has 0 amide bonds. The summed E-state index contributed by atoms with van der Waals surface area (Å²) in [4.78, 5) is 1.01. The van der Waals surface area contributed by atoms with Crippen LogP contribution in [0.1, 0.15) is 11.8 Å². The Labute approximate surface area is 129 Å². The highest BCUT2D eigenvalue weighted by molar-refractivity contribution is 14.1. The number of rotatable bonds is 4. The van der Waals surface area contributed by atoms with Gasteiger partial charge in [0.2, 0.25) is 0 Å². The average Bonchev–Trinajstić information content (AvgIpc) is 2.82. The van der Waals surface area contributed by atoms with Gasteiger partial charge in [0.1, 0.15) is 10.0 Å². The maximum Gasteiger partial charge on any atom is 0.271 e. The van der Waals surface area contributed by atoms with Gasteiger partial charge >= 0.3 is 0 Å². The number of thiophene rings is 1. The minimum absolute atomic E-state index is 0.268. The SMILES string of the molecule is CCc1ccc(S(=O)(=O)Nc2ccc(F)cc2I)s1. The maximum atomic E-state index is 13.0. The van der Waals surface area contributed by atoms with Gasteiger partial charge in [0.05, 0.1) is 5.69 Å². The molecule has 1 aromatic carbocycles. The summed E-state index contributed by atoms with van der Waals surface area (Å²) in [7, 11) is -3.60. The van der Waals surface area contributed by atoms with Crippen molar-refractivity contribution in [1.29, 1.82) is 0 Å². The summed E-state index contributed by atoms with van der Waals surface area (Å²) in [5.74, 6) is -0.392. The molecule has 3 nitrogen and oxygen atoms in total. The summed E-state index contributed by atoms with van der Waals surface area (Å²) in [5, 5.41) is 0. The molecule has 2 rings (SSSR count). The average molecular weight is 411 g/mol. The summed E-state index contributed by atoms with van der Waals surface area (Å²) in [6.07, 6.45) is 0.800. The van der Waals surface area contributed by atoms with Crippen molar-refractivity contribution >= 4 is 49.6 Å². The minimum atomic E-state index is -3.60. The molecule has 0 bridgehead atoms. The number of halogens is 2. The topological polar surface area (TPSA) is 46.2 Å². The van der Waals surface area contributed by atoms with Crippen molar-refractivity contribution in [3.05, 3.63) is 44.6 Å². The van der Waals surface area contributed by atoms with Crippen LogP contribution in [0.5, 0.6) is 0 Å². The zero-order chi connectivity index (χ0) is 14.0. The van der Waals surface area contributed by atoms with E-state index in [0.29, 0.717) is 9.26 Å². The predicted molar refractivity (Wildman–Crippen MR) is 83.6 cm³/mol. The van der Waals surface area contributed by atoms with Gasteiger partial charge in [-0.2, -0.15) is 0 Å². The van der Waals surface area contributed by atoms with E-state index < -0.39 is 15.8 Å². The summed E-state index contributed by atoms with van der Waals surface area (Å²) in [6.45, 7) is 1.97. The molecule has 0 unspecified atom stereocenters. The van der Waals surface area contributed by atoms with Crippen LogP contribution in [0.3, 0.4) is 0 Å². The van der Waals surface area contributed by atoms with Crippen LogP contribution in [0.2, 0.25) is 0 Å². The summed E-state index contributed by atoms with van der Waals surface area (Å²) in [6, 6.07) is 7.32. The molecule has 0 saturated heterocycles. The molecule has 0 aliphatic carbocycles. The van der Waals surface area contributed by atoms with Crippen LogP contribution < -0.4 is 4.72 Å². The fraction of sp³-hybridized carbons (Fsp3) is 0.167. The van der Waals surface area contributed by atoms with E-state index in [1.165, 1.54) is 29.5 Å². The van der Waals surface area contributed by atoms with Gasteiger partial charge in [-0.1, -0.05) is 6.92 Å². The first kappa shape index (κ1) is 14.7. The highest BCUT2D eigenvalue weighted by Gasteiger charge is 2.18. The summed E-state index contributed by atoms with van der Waals surface area (Å²) in [5.41, 5.74) is 0.383. The van der Waals surface area contributed by atoms with Crippen molar-refractivity contribution in [2.45, 2.75) is 17.6 Å². The molecular weight excluding hydrogens is 400 g/mol. The Bertz CT molecular complexity index is 698. The summed E-state index contributed by atoms with van der Waals surface area (Å²) >= 11 is 3.14. The Hall–Kier alpha value is -0.670. The van der Waals surface area contributed by atoms with Crippen molar-refractivity contribution in [2.75, 3.05) is 4.72 Å². The number of hydrogen-bond donors (Lipinski definition) is 1. The Morgan fingerprint density at radius 3 is 2.63 bits per heavy atom. The lowest BCUT2D eigenvalue weighted by Gasteiger charge is -2.08. The van der Waals surface area contributed by atoms with Gasteiger partial charge in [-0.3, -0.25) is 4.72 Å². The van der Waals surface area contributed by atoms with Crippen LogP contribution in [-0.2, 0) is 16.4 Å². The van der Waals surface area contributed by atoms with Crippen LogP contribution in [-0.4, -0.2) is 8.42 Å². The number of nitrogens with one attached hydrogen (secondary N) is 1. The first-order valence-corrected chi connectivity index (χ1v) is 8.87. The van der Waals surface area contributed by atoms with Gasteiger partial charge in [-0.15, -0.1) is 11.3 Å². The van der Waals surface area contributed by atoms with E-state index >= 15 is 0 Å². The van der Waals surface area contributed by atoms with Crippen LogP contribution in [0.25, 0.3) is 0 Å². The van der Waals surface area contributed by atoms with Gasteiger partial charge in [0.25, 0.3) is 10.0 Å². The van der Waals surface area contributed by atoms with Crippen LogP contribution >= 0.6 is 33.9 Å². The van der Waals surface area contributed by atoms with Crippen LogP contribution in [0, 0.1) is 9.39 Å². The van der Waals surface area contributed by atoms with E-state index in [1.807, 2.05) is 29.5 Å². The summed E-state index contributed by atoms with van der Waals surface area (Å²) < 4.78 is 40.6. The van der Waals surface area contributed by atoms with Crippen molar-refractivity contribution in [3.63, 3.8) is 0 Å². The van der Waals surface area contributed by atoms with Gasteiger partial charge < -0.3 is 0 Å². The lowest BCUT2D eigenvalue weighted by atomic mass is 10.3. The Morgan fingerprint density at radius 1 is 1.32 bits per heavy atom. The highest BCUT2D eigenvalue weighted by Crippen LogP contribution is 2.26. The second-order valence-electron chi connectivity index (χ2n) is 3.80. The second-order valence-corrected chi connectivity index (χ2v) is 8.04. The first-order chi connectivity index (χ1) is 8.92. The van der Waals surface area contributed by atoms with E-state index in [0.717, 1.165) is 11.3 Å².